The fourth-order valence-corrected chi connectivity index (χ4v) is 3.38. The van der Waals surface area contributed by atoms with Crippen molar-refractivity contribution >= 4 is 34.9 Å². The average molecular weight is 392 g/mol. The third kappa shape index (κ3) is 3.76. The number of hydrogen-bond donors (Lipinski definition) is 3. The number of benzene rings is 3. The minimum atomic E-state index is -0.373. The number of hydrogen-bond acceptors (Lipinski definition) is 5. The van der Waals surface area contributed by atoms with Gasteiger partial charge in [-0.05, 0) is 60.9 Å². The van der Waals surface area contributed by atoms with Crippen molar-refractivity contribution in [1.82, 2.24) is 0 Å². The first-order valence-electron chi connectivity index (χ1n) is 8.78. The minimum Gasteiger partial charge on any atom is -0.377 e. The molecule has 4 N–H and O–H groups in total. The van der Waals surface area contributed by atoms with Crippen LogP contribution in [0.2, 0.25) is 0 Å². The number of fused-ring (bicyclic) bond motifs is 1. The summed E-state index contributed by atoms with van der Waals surface area (Å²) >= 11 is 1.66. The van der Waals surface area contributed by atoms with Gasteiger partial charge in [0.1, 0.15) is 6.17 Å². The molecule has 1 heterocycles. The molecule has 0 saturated heterocycles. The lowest BCUT2D eigenvalue weighted by Gasteiger charge is -2.21. The summed E-state index contributed by atoms with van der Waals surface area (Å²) in [5, 5.41) is 7.29. The Labute approximate surface area is 167 Å². The Kier molecular flexibility index (Phi) is 5.10. The van der Waals surface area contributed by atoms with Crippen molar-refractivity contribution < 1.29 is 9.63 Å². The number of nitrogens with zero attached hydrogens (tertiary/aromatic N) is 1. The summed E-state index contributed by atoms with van der Waals surface area (Å²) in [7, 11) is 0. The van der Waals surface area contributed by atoms with Crippen molar-refractivity contribution in [3.05, 3.63) is 78.4 Å². The molecule has 0 aliphatic carbocycles. The lowest BCUT2D eigenvalue weighted by atomic mass is 10.1. The summed E-state index contributed by atoms with van der Waals surface area (Å²) in [6.07, 6.45) is 1.64. The molecule has 142 valence electrons. The van der Waals surface area contributed by atoms with E-state index in [-0.39, 0.29) is 12.2 Å². The van der Waals surface area contributed by atoms with Crippen LogP contribution in [0.15, 0.2) is 77.7 Å². The van der Waals surface area contributed by atoms with E-state index in [1.807, 2.05) is 79.1 Å². The van der Waals surface area contributed by atoms with E-state index >= 15 is 0 Å². The lowest BCUT2D eigenvalue weighted by Crippen LogP contribution is -2.31. The molecule has 0 spiro atoms. The molecule has 6 nitrogen and oxygen atoms in total. The number of carbonyl (C=O) groups is 1. The van der Waals surface area contributed by atoms with Gasteiger partial charge in [0.05, 0.1) is 5.69 Å². The van der Waals surface area contributed by atoms with Crippen molar-refractivity contribution in [2.75, 3.05) is 22.0 Å². The number of hydroxylamine groups is 1. The van der Waals surface area contributed by atoms with Gasteiger partial charge in [-0.2, -0.15) is 5.06 Å². The summed E-state index contributed by atoms with van der Waals surface area (Å²) in [4.78, 5) is 19.2. The molecular formula is C21H20N4O2S. The van der Waals surface area contributed by atoms with E-state index in [4.69, 9.17) is 10.6 Å². The van der Waals surface area contributed by atoms with Gasteiger partial charge in [0.2, 0.25) is 0 Å². The van der Waals surface area contributed by atoms with Gasteiger partial charge in [-0.3, -0.25) is 0 Å². The number of rotatable bonds is 4. The van der Waals surface area contributed by atoms with Crippen LogP contribution in [-0.2, 0) is 0 Å². The standard InChI is InChI=1S/C21H20N4O2S/c1-28-17-12-8-15(9-13-17)24-21(26)23-14-6-10-16(11-7-14)25-20(22)18-4-2-3-5-19(18)27-25/h2-13,20H,22H2,1H3,(H2,23,24,26). The maximum absolute atomic E-state index is 12.2. The first-order valence-corrected chi connectivity index (χ1v) is 10.0. The number of thioether (sulfide) groups is 1. The fourth-order valence-electron chi connectivity index (χ4n) is 2.97. The second-order valence-corrected chi connectivity index (χ2v) is 7.13. The molecule has 1 unspecified atom stereocenters. The van der Waals surface area contributed by atoms with Gasteiger partial charge in [0, 0.05) is 21.8 Å². The molecule has 7 heteroatoms. The quantitative estimate of drug-likeness (QED) is 0.555. The highest BCUT2D eigenvalue weighted by Gasteiger charge is 2.29. The molecule has 1 aliphatic heterocycles. The van der Waals surface area contributed by atoms with Gasteiger partial charge in [0.15, 0.2) is 5.75 Å². The monoisotopic (exact) mass is 392 g/mol. The number of nitrogens with one attached hydrogen (secondary N) is 2. The van der Waals surface area contributed by atoms with Crippen LogP contribution in [0.1, 0.15) is 11.7 Å². The number of para-hydroxylation sites is 1. The van der Waals surface area contributed by atoms with Gasteiger partial charge in [-0.1, -0.05) is 18.2 Å². The molecule has 3 aromatic rings. The molecule has 0 bridgehead atoms. The normalized spacial score (nSPS) is 14.9. The predicted molar refractivity (Wildman–Crippen MR) is 114 cm³/mol. The Morgan fingerprint density at radius 2 is 1.57 bits per heavy atom. The molecule has 4 rings (SSSR count). The molecule has 2 amide bonds. The van der Waals surface area contributed by atoms with Gasteiger partial charge in [0.25, 0.3) is 0 Å². The maximum Gasteiger partial charge on any atom is 0.323 e. The van der Waals surface area contributed by atoms with Gasteiger partial charge in [-0.25, -0.2) is 4.79 Å². The summed E-state index contributed by atoms with van der Waals surface area (Å²) in [5.41, 5.74) is 9.43. The number of anilines is 3. The first-order chi connectivity index (χ1) is 13.6. The average Bonchev–Trinajstić information content (AvgIpc) is 3.06. The largest absolute Gasteiger partial charge is 0.377 e. The van der Waals surface area contributed by atoms with Crippen LogP contribution in [0, 0.1) is 0 Å². The van der Waals surface area contributed by atoms with Gasteiger partial charge >= 0.3 is 6.03 Å². The van der Waals surface area contributed by atoms with Crippen LogP contribution in [0.3, 0.4) is 0 Å². The highest BCUT2D eigenvalue weighted by molar-refractivity contribution is 7.98. The smallest absolute Gasteiger partial charge is 0.323 e. The fraction of sp³-hybridized carbons (Fsp3) is 0.0952. The van der Waals surface area contributed by atoms with Crippen LogP contribution in [0.4, 0.5) is 21.9 Å². The van der Waals surface area contributed by atoms with E-state index in [1.54, 1.807) is 16.8 Å². The summed E-state index contributed by atoms with van der Waals surface area (Å²) in [6, 6.07) is 22.4. The Bertz CT molecular complexity index is 976. The second kappa shape index (κ2) is 7.84. The molecule has 28 heavy (non-hydrogen) atoms. The van der Waals surface area contributed by atoms with Crippen molar-refractivity contribution in [2.45, 2.75) is 11.1 Å². The SMILES string of the molecule is CSc1ccc(NC(=O)Nc2ccc(N3Oc4ccccc4C3N)cc2)cc1. The molecule has 0 aromatic heterocycles. The van der Waals surface area contributed by atoms with E-state index in [0.717, 1.165) is 27.6 Å². The number of amides is 2. The Morgan fingerprint density at radius 1 is 0.964 bits per heavy atom. The first kappa shape index (κ1) is 18.2. The molecule has 3 aromatic carbocycles. The van der Waals surface area contributed by atoms with E-state index in [0.29, 0.717) is 5.69 Å². The van der Waals surface area contributed by atoms with Gasteiger partial charge < -0.3 is 21.2 Å². The Morgan fingerprint density at radius 3 is 2.18 bits per heavy atom. The highest BCUT2D eigenvalue weighted by atomic mass is 32.2. The number of carbonyl (C=O) groups excluding carboxylic acids is 1. The van der Waals surface area contributed by atoms with E-state index in [1.165, 1.54) is 0 Å². The molecule has 1 atom stereocenters. The molecular weight excluding hydrogens is 372 g/mol. The topological polar surface area (TPSA) is 79.6 Å². The molecule has 1 aliphatic rings. The van der Waals surface area contributed by atoms with Crippen LogP contribution >= 0.6 is 11.8 Å². The third-order valence-electron chi connectivity index (χ3n) is 4.41. The Balaban J connectivity index is 1.39. The zero-order valence-electron chi connectivity index (χ0n) is 15.3. The van der Waals surface area contributed by atoms with Crippen molar-refractivity contribution in [2.24, 2.45) is 5.73 Å². The lowest BCUT2D eigenvalue weighted by molar-refractivity contribution is 0.262. The summed E-state index contributed by atoms with van der Waals surface area (Å²) in [5.74, 6) is 0.754. The molecule has 0 fully saturated rings. The van der Waals surface area contributed by atoms with Crippen LogP contribution in [0.25, 0.3) is 0 Å². The van der Waals surface area contributed by atoms with Crippen LogP contribution in [-0.4, -0.2) is 12.3 Å². The molecule has 0 saturated carbocycles. The van der Waals surface area contributed by atoms with E-state index in [2.05, 4.69) is 10.6 Å². The van der Waals surface area contributed by atoms with Crippen molar-refractivity contribution in [3.8, 4) is 5.75 Å². The van der Waals surface area contributed by atoms with E-state index < -0.39 is 0 Å². The van der Waals surface area contributed by atoms with E-state index in [9.17, 15) is 4.79 Å². The van der Waals surface area contributed by atoms with Gasteiger partial charge in [-0.15, -0.1) is 11.8 Å². The zero-order chi connectivity index (χ0) is 19.5. The summed E-state index contributed by atoms with van der Waals surface area (Å²) in [6.45, 7) is 0. The maximum atomic E-state index is 12.2. The summed E-state index contributed by atoms with van der Waals surface area (Å²) < 4.78 is 0. The molecule has 0 radical (unpaired) electrons. The van der Waals surface area contributed by atoms with Crippen LogP contribution in [0.5, 0.6) is 5.75 Å². The highest BCUT2D eigenvalue weighted by Crippen LogP contribution is 2.37. The van der Waals surface area contributed by atoms with Crippen molar-refractivity contribution in [1.29, 1.82) is 0 Å². The zero-order valence-corrected chi connectivity index (χ0v) is 16.1. The van der Waals surface area contributed by atoms with Crippen LogP contribution < -0.4 is 26.3 Å². The van der Waals surface area contributed by atoms with Crippen molar-refractivity contribution in [3.63, 3.8) is 0 Å². The number of urea groups is 1. The Hall–Kier alpha value is -3.16. The minimum absolute atomic E-state index is 0.300. The third-order valence-corrected chi connectivity index (χ3v) is 5.16. The predicted octanol–water partition coefficient (Wildman–Crippen LogP) is 4.82. The second-order valence-electron chi connectivity index (χ2n) is 6.25. The number of nitrogens with two attached hydrogens (primary N) is 1.